The van der Waals surface area contributed by atoms with Gasteiger partial charge in [0.2, 0.25) is 0 Å². The number of hydrogen-bond donors (Lipinski definition) is 0. The number of fused-ring (bicyclic) bond motifs is 2. The molecule has 2 aliphatic rings. The summed E-state index contributed by atoms with van der Waals surface area (Å²) in [4.78, 5) is 0. The maximum Gasteiger partial charge on any atom is 0.182 e. The van der Waals surface area contributed by atoms with Crippen LogP contribution < -0.4 is 5.46 Å². The van der Waals surface area contributed by atoms with Crippen molar-refractivity contribution in [2.75, 3.05) is 0 Å². The topological polar surface area (TPSA) is 0 Å². The lowest BCUT2D eigenvalue weighted by Crippen LogP contribution is -2.44. The van der Waals surface area contributed by atoms with Crippen molar-refractivity contribution < 1.29 is 0 Å². The number of benzene rings is 1. The van der Waals surface area contributed by atoms with Crippen LogP contribution in [0.4, 0.5) is 0 Å². The Labute approximate surface area is 93.2 Å². The first kappa shape index (κ1) is 9.51. The molecule has 0 saturated carbocycles. The van der Waals surface area contributed by atoms with Gasteiger partial charge in [0.1, 0.15) is 0 Å². The van der Waals surface area contributed by atoms with Gasteiger partial charge < -0.3 is 0 Å². The summed E-state index contributed by atoms with van der Waals surface area (Å²) in [5.41, 5.74) is 1.62. The van der Waals surface area contributed by atoms with E-state index < -0.39 is 0 Å². The molecule has 0 unspecified atom stereocenters. The predicted molar refractivity (Wildman–Crippen MR) is 67.0 cm³/mol. The molecule has 1 heteroatoms. The van der Waals surface area contributed by atoms with Gasteiger partial charge in [-0.25, -0.2) is 0 Å². The molecule has 1 aromatic rings. The second kappa shape index (κ2) is 4.04. The molecule has 0 atom stereocenters. The van der Waals surface area contributed by atoms with E-state index in [0.717, 1.165) is 18.3 Å². The van der Waals surface area contributed by atoms with Crippen LogP contribution in [0.5, 0.6) is 0 Å². The first-order valence-corrected chi connectivity index (χ1v) is 6.50. The van der Waals surface area contributed by atoms with E-state index in [1.165, 1.54) is 38.5 Å². The molecule has 0 amide bonds. The molecule has 0 nitrogen and oxygen atoms in total. The van der Waals surface area contributed by atoms with E-state index in [-0.39, 0.29) is 0 Å². The van der Waals surface area contributed by atoms with Gasteiger partial charge in [0, 0.05) is 0 Å². The van der Waals surface area contributed by atoms with E-state index in [1.54, 1.807) is 5.46 Å². The lowest BCUT2D eigenvalue weighted by Gasteiger charge is -2.40. The molecule has 0 spiro atoms. The van der Waals surface area contributed by atoms with E-state index in [1.807, 2.05) is 0 Å². The highest BCUT2D eigenvalue weighted by Crippen LogP contribution is 2.45. The fourth-order valence-electron chi connectivity index (χ4n) is 3.90. The Kier molecular flexibility index (Phi) is 2.56. The minimum absolute atomic E-state index is 0.897. The lowest BCUT2D eigenvalue weighted by molar-refractivity contribution is 0.448. The Hall–Kier alpha value is -0.715. The van der Waals surface area contributed by atoms with Crippen LogP contribution in [0.1, 0.15) is 38.5 Å². The molecule has 15 heavy (non-hydrogen) atoms. The van der Waals surface area contributed by atoms with Crippen LogP contribution in [0, 0.1) is 0 Å². The average Bonchev–Trinajstić information content (AvgIpc) is 2.29. The molecule has 0 aliphatic carbocycles. The summed E-state index contributed by atoms with van der Waals surface area (Å²) in [6.45, 7) is 0.897. The molecule has 3 rings (SSSR count). The SMILES string of the molecule is c1ccc(B2C3CCCC2CCC3)cc1. The van der Waals surface area contributed by atoms with Gasteiger partial charge in [0.15, 0.2) is 6.71 Å². The Morgan fingerprint density at radius 3 is 1.87 bits per heavy atom. The van der Waals surface area contributed by atoms with Crippen LogP contribution in [0.2, 0.25) is 11.6 Å². The Balaban J connectivity index is 1.90. The highest BCUT2D eigenvalue weighted by Gasteiger charge is 2.39. The van der Waals surface area contributed by atoms with Crippen molar-refractivity contribution in [2.24, 2.45) is 0 Å². The minimum atomic E-state index is 0.897. The fraction of sp³-hybridized carbons (Fsp3) is 0.571. The molecular weight excluding hydrogens is 179 g/mol. The van der Waals surface area contributed by atoms with Crippen LogP contribution in [0.3, 0.4) is 0 Å². The van der Waals surface area contributed by atoms with E-state index >= 15 is 0 Å². The zero-order chi connectivity index (χ0) is 10.1. The molecule has 0 N–H and O–H groups in total. The van der Waals surface area contributed by atoms with E-state index in [2.05, 4.69) is 30.3 Å². The van der Waals surface area contributed by atoms with Crippen LogP contribution in [-0.4, -0.2) is 6.71 Å². The molecular formula is C14H19B. The molecule has 0 radical (unpaired) electrons. The Morgan fingerprint density at radius 1 is 0.800 bits per heavy atom. The summed E-state index contributed by atoms with van der Waals surface area (Å²) in [6.07, 6.45) is 8.90. The zero-order valence-electron chi connectivity index (χ0n) is 9.36. The molecule has 1 aromatic carbocycles. The van der Waals surface area contributed by atoms with E-state index in [9.17, 15) is 0 Å². The van der Waals surface area contributed by atoms with Crippen molar-refractivity contribution in [3.63, 3.8) is 0 Å². The summed E-state index contributed by atoms with van der Waals surface area (Å²) < 4.78 is 0. The maximum atomic E-state index is 2.35. The van der Waals surface area contributed by atoms with Crippen molar-refractivity contribution >= 4 is 12.2 Å². The Bertz CT molecular complexity index is 297. The first-order valence-electron chi connectivity index (χ1n) is 6.50. The maximum absolute atomic E-state index is 2.35. The average molecular weight is 198 g/mol. The summed E-state index contributed by atoms with van der Waals surface area (Å²) in [5.74, 6) is 2.00. The smallest absolute Gasteiger partial charge is 0.0795 e. The fourth-order valence-corrected chi connectivity index (χ4v) is 3.90. The van der Waals surface area contributed by atoms with Crippen LogP contribution in [0.15, 0.2) is 30.3 Å². The van der Waals surface area contributed by atoms with Gasteiger partial charge in [0.25, 0.3) is 0 Å². The summed E-state index contributed by atoms with van der Waals surface area (Å²) >= 11 is 0. The molecule has 2 bridgehead atoms. The van der Waals surface area contributed by atoms with Crippen LogP contribution >= 0.6 is 0 Å². The monoisotopic (exact) mass is 198 g/mol. The second-order valence-electron chi connectivity index (χ2n) is 5.32. The van der Waals surface area contributed by atoms with E-state index in [0.29, 0.717) is 0 Å². The zero-order valence-corrected chi connectivity index (χ0v) is 9.36. The van der Waals surface area contributed by atoms with Gasteiger partial charge >= 0.3 is 0 Å². The molecule has 78 valence electrons. The normalized spacial score (nSPS) is 30.3. The first-order chi connectivity index (χ1) is 7.45. The van der Waals surface area contributed by atoms with Crippen molar-refractivity contribution in [2.45, 2.75) is 50.2 Å². The highest BCUT2D eigenvalue weighted by molar-refractivity contribution is 6.76. The third kappa shape index (κ3) is 1.73. The van der Waals surface area contributed by atoms with Gasteiger partial charge in [-0.05, 0) is 0 Å². The third-order valence-corrected chi connectivity index (χ3v) is 4.50. The largest absolute Gasteiger partial charge is 0.182 e. The number of hydrogen-bond acceptors (Lipinski definition) is 0. The third-order valence-electron chi connectivity index (χ3n) is 4.50. The van der Waals surface area contributed by atoms with Gasteiger partial charge in [-0.3, -0.25) is 0 Å². The summed E-state index contributed by atoms with van der Waals surface area (Å²) in [5, 5.41) is 0. The van der Waals surface area contributed by atoms with Crippen molar-refractivity contribution in [3.05, 3.63) is 30.3 Å². The van der Waals surface area contributed by atoms with Crippen molar-refractivity contribution in [1.82, 2.24) is 0 Å². The van der Waals surface area contributed by atoms with Crippen molar-refractivity contribution in [1.29, 1.82) is 0 Å². The molecule has 2 fully saturated rings. The van der Waals surface area contributed by atoms with Crippen LogP contribution in [-0.2, 0) is 0 Å². The van der Waals surface area contributed by atoms with Gasteiger partial charge in [-0.1, -0.05) is 86.0 Å². The quantitative estimate of drug-likeness (QED) is 0.606. The Morgan fingerprint density at radius 2 is 1.33 bits per heavy atom. The van der Waals surface area contributed by atoms with Gasteiger partial charge in [-0.2, -0.15) is 0 Å². The van der Waals surface area contributed by atoms with Crippen molar-refractivity contribution in [3.8, 4) is 0 Å². The predicted octanol–water partition coefficient (Wildman–Crippen LogP) is 3.50. The van der Waals surface area contributed by atoms with Gasteiger partial charge in [-0.15, -0.1) is 0 Å². The molecule has 0 aromatic heterocycles. The van der Waals surface area contributed by atoms with Crippen LogP contribution in [0.25, 0.3) is 0 Å². The summed E-state index contributed by atoms with van der Waals surface area (Å²) in [6, 6.07) is 11.3. The highest BCUT2D eigenvalue weighted by atomic mass is 14.2. The minimum Gasteiger partial charge on any atom is -0.0795 e. The second-order valence-corrected chi connectivity index (χ2v) is 5.32. The summed E-state index contributed by atoms with van der Waals surface area (Å²) in [7, 11) is 0. The van der Waals surface area contributed by atoms with Gasteiger partial charge in [0.05, 0.1) is 0 Å². The molecule has 2 saturated heterocycles. The molecule has 2 aliphatic heterocycles. The number of rotatable bonds is 1. The standard InChI is InChI=1S/C14H19B/c1-2-6-12(7-3-1)15-13-8-4-9-14(15)11-5-10-13/h1-3,6-7,13-14H,4-5,8-11H2. The lowest BCUT2D eigenvalue weighted by atomic mass is 9.25. The van der Waals surface area contributed by atoms with E-state index in [4.69, 9.17) is 0 Å². The molecule has 2 heterocycles.